The third-order valence-electron chi connectivity index (χ3n) is 6.13. The van der Waals surface area contributed by atoms with Crippen molar-refractivity contribution in [1.29, 1.82) is 0 Å². The Hall–Kier alpha value is -1.79. The summed E-state index contributed by atoms with van der Waals surface area (Å²) in [6.45, 7) is 18.2. The van der Waals surface area contributed by atoms with Crippen LogP contribution in [0.4, 0.5) is 9.59 Å². The zero-order valence-corrected chi connectivity index (χ0v) is 23.0. The molecule has 0 spiro atoms. The maximum atomic E-state index is 11.9. The molecule has 33 heavy (non-hydrogen) atoms. The molecular formula is C24H46ClN5O3. The number of carbonyl (C=O) groups excluding carboxylic acids is 3. The molecule has 0 aromatic rings. The molecule has 1 saturated heterocycles. The minimum Gasteiger partial charge on any atom is -0.338 e. The van der Waals surface area contributed by atoms with Crippen LogP contribution >= 0.6 is 11.6 Å². The van der Waals surface area contributed by atoms with Gasteiger partial charge in [0.1, 0.15) is 0 Å². The molecule has 2 atom stereocenters. The first-order valence-electron chi connectivity index (χ1n) is 11.8. The van der Waals surface area contributed by atoms with E-state index in [1.165, 1.54) is 0 Å². The highest BCUT2D eigenvalue weighted by atomic mass is 35.5. The molecule has 1 heterocycles. The first kappa shape index (κ1) is 31.2. The van der Waals surface area contributed by atoms with Gasteiger partial charge in [0.2, 0.25) is 6.08 Å². The number of isocyanates is 1. The molecular weight excluding hydrogens is 442 g/mol. The molecule has 1 fully saturated rings. The number of urea groups is 2. The summed E-state index contributed by atoms with van der Waals surface area (Å²) in [5.74, 6) is 1.05. The fourth-order valence-corrected chi connectivity index (χ4v) is 3.08. The summed E-state index contributed by atoms with van der Waals surface area (Å²) in [5.41, 5.74) is 0.0791. The molecule has 8 nitrogen and oxygen atoms in total. The average molecular weight is 488 g/mol. The number of hydrogen-bond acceptors (Lipinski definition) is 4. The fourth-order valence-electron chi connectivity index (χ4n) is 2.96. The largest absolute Gasteiger partial charge is 0.338 e. The van der Waals surface area contributed by atoms with Crippen LogP contribution in [0, 0.1) is 16.7 Å². The van der Waals surface area contributed by atoms with Gasteiger partial charge in [-0.05, 0) is 29.6 Å². The number of nitrogens with zero attached hydrogens (tertiary/aromatic N) is 4. The van der Waals surface area contributed by atoms with E-state index in [0.717, 1.165) is 25.9 Å². The monoisotopic (exact) mass is 487 g/mol. The van der Waals surface area contributed by atoms with Crippen molar-refractivity contribution in [3.05, 3.63) is 0 Å². The van der Waals surface area contributed by atoms with Gasteiger partial charge in [0.25, 0.3) is 0 Å². The Bertz CT molecular complexity index is 653. The minimum atomic E-state index is -0.199. The van der Waals surface area contributed by atoms with Crippen LogP contribution in [0.3, 0.4) is 0 Å². The first-order valence-corrected chi connectivity index (χ1v) is 12.3. The molecule has 1 aliphatic rings. The normalized spacial score (nSPS) is 16.2. The summed E-state index contributed by atoms with van der Waals surface area (Å²) in [4.78, 5) is 43.0. The molecule has 0 radical (unpaired) electrons. The maximum absolute atomic E-state index is 11.9. The van der Waals surface area contributed by atoms with Crippen molar-refractivity contribution in [1.82, 2.24) is 20.0 Å². The molecule has 1 aliphatic heterocycles. The quantitative estimate of drug-likeness (QED) is 0.312. The Kier molecular flexibility index (Phi) is 13.7. The topological polar surface area (TPSA) is 85.3 Å². The molecule has 1 rings (SSSR count). The van der Waals surface area contributed by atoms with Gasteiger partial charge in [-0.1, -0.05) is 48.5 Å². The lowest BCUT2D eigenvalue weighted by molar-refractivity contribution is 0.128. The molecule has 0 aliphatic carbocycles. The number of carbonyl (C=O) groups is 2. The van der Waals surface area contributed by atoms with Crippen LogP contribution in [0.5, 0.6) is 0 Å². The van der Waals surface area contributed by atoms with Crippen LogP contribution in [0.2, 0.25) is 0 Å². The summed E-state index contributed by atoms with van der Waals surface area (Å²) in [7, 11) is 3.59. The van der Waals surface area contributed by atoms with E-state index in [1.807, 2.05) is 20.8 Å². The number of nitrogens with one attached hydrogen (secondary N) is 1. The zero-order chi connectivity index (χ0) is 25.8. The molecule has 0 bridgehead atoms. The van der Waals surface area contributed by atoms with Crippen LogP contribution in [0.25, 0.3) is 0 Å². The Labute approximate surface area is 206 Å². The van der Waals surface area contributed by atoms with E-state index >= 15 is 0 Å². The van der Waals surface area contributed by atoms with Crippen molar-refractivity contribution < 1.29 is 14.4 Å². The fraction of sp³-hybridized carbons (Fsp3) is 0.875. The lowest BCUT2D eigenvalue weighted by atomic mass is 9.82. The van der Waals surface area contributed by atoms with Gasteiger partial charge in [0.15, 0.2) is 0 Å². The van der Waals surface area contributed by atoms with E-state index in [1.54, 1.807) is 34.9 Å². The molecule has 0 aromatic heterocycles. The zero-order valence-electron chi connectivity index (χ0n) is 22.2. The second-order valence-electron chi connectivity index (χ2n) is 11.0. The van der Waals surface area contributed by atoms with Crippen molar-refractivity contribution >= 4 is 29.7 Å². The number of hydrogen-bond donors (Lipinski definition) is 1. The SMILES string of the molecule is CN1CCCN(C[C@@H](N=C=O)C(C)(C)C)C1=O.C[C@H](CNC(=O)N(C)CCCCl)C(C)(C)C. The van der Waals surface area contributed by atoms with Gasteiger partial charge in [-0.15, -0.1) is 11.6 Å². The van der Waals surface area contributed by atoms with Crippen LogP contribution in [0.15, 0.2) is 4.99 Å². The Balaban J connectivity index is 0.000000622. The number of rotatable bonds is 8. The molecule has 0 unspecified atom stereocenters. The van der Waals surface area contributed by atoms with E-state index in [-0.39, 0.29) is 28.9 Å². The summed E-state index contributed by atoms with van der Waals surface area (Å²) in [6.07, 6.45) is 3.41. The molecule has 0 aromatic carbocycles. The predicted octanol–water partition coefficient (Wildman–Crippen LogP) is 4.43. The molecule has 192 valence electrons. The van der Waals surface area contributed by atoms with Gasteiger partial charge in [-0.25, -0.2) is 19.4 Å². The summed E-state index contributed by atoms with van der Waals surface area (Å²) in [6, 6.07) is -0.191. The second-order valence-corrected chi connectivity index (χ2v) is 11.4. The molecule has 0 saturated carbocycles. The predicted molar refractivity (Wildman–Crippen MR) is 136 cm³/mol. The van der Waals surface area contributed by atoms with Crippen molar-refractivity contribution in [2.45, 2.75) is 67.3 Å². The number of amides is 4. The summed E-state index contributed by atoms with van der Waals surface area (Å²) >= 11 is 5.58. The lowest BCUT2D eigenvalue weighted by Crippen LogP contribution is -2.51. The molecule has 1 N–H and O–H groups in total. The summed E-state index contributed by atoms with van der Waals surface area (Å²) in [5, 5.41) is 2.94. The first-order chi connectivity index (χ1) is 15.1. The van der Waals surface area contributed by atoms with Crippen LogP contribution in [-0.4, -0.2) is 91.6 Å². The lowest BCUT2D eigenvalue weighted by Gasteiger charge is -2.37. The van der Waals surface area contributed by atoms with Gasteiger partial charge in [0, 0.05) is 52.7 Å². The van der Waals surface area contributed by atoms with E-state index in [9.17, 15) is 14.4 Å². The van der Waals surface area contributed by atoms with Gasteiger partial charge < -0.3 is 20.0 Å². The molecule has 9 heteroatoms. The van der Waals surface area contributed by atoms with Gasteiger partial charge in [0.05, 0.1) is 6.04 Å². The maximum Gasteiger partial charge on any atom is 0.319 e. The average Bonchev–Trinajstić information content (AvgIpc) is 2.71. The van der Waals surface area contributed by atoms with Crippen molar-refractivity contribution in [2.24, 2.45) is 21.7 Å². The highest BCUT2D eigenvalue weighted by molar-refractivity contribution is 6.17. The van der Waals surface area contributed by atoms with Crippen LogP contribution in [-0.2, 0) is 4.79 Å². The third kappa shape index (κ3) is 12.3. The minimum absolute atomic E-state index is 0.0128. The van der Waals surface area contributed by atoms with Crippen molar-refractivity contribution in [2.75, 3.05) is 52.7 Å². The van der Waals surface area contributed by atoms with E-state index < -0.39 is 0 Å². The smallest absolute Gasteiger partial charge is 0.319 e. The third-order valence-corrected chi connectivity index (χ3v) is 6.40. The van der Waals surface area contributed by atoms with Crippen molar-refractivity contribution in [3.8, 4) is 0 Å². The Morgan fingerprint density at radius 3 is 2.30 bits per heavy atom. The van der Waals surface area contributed by atoms with Crippen LogP contribution in [0.1, 0.15) is 61.3 Å². The molecule has 4 amide bonds. The van der Waals surface area contributed by atoms with E-state index in [2.05, 4.69) is 38.0 Å². The second kappa shape index (κ2) is 14.5. The number of aliphatic imine (C=N–C) groups is 1. The van der Waals surface area contributed by atoms with Gasteiger partial charge in [-0.3, -0.25) is 0 Å². The van der Waals surface area contributed by atoms with Gasteiger partial charge in [-0.2, -0.15) is 0 Å². The highest BCUT2D eigenvalue weighted by Crippen LogP contribution is 2.25. The van der Waals surface area contributed by atoms with E-state index in [4.69, 9.17) is 11.6 Å². The van der Waals surface area contributed by atoms with E-state index in [0.29, 0.717) is 31.4 Å². The Morgan fingerprint density at radius 1 is 1.21 bits per heavy atom. The van der Waals surface area contributed by atoms with Gasteiger partial charge >= 0.3 is 12.1 Å². The van der Waals surface area contributed by atoms with Crippen molar-refractivity contribution in [3.63, 3.8) is 0 Å². The number of halogens is 1. The Morgan fingerprint density at radius 2 is 1.82 bits per heavy atom. The summed E-state index contributed by atoms with van der Waals surface area (Å²) < 4.78 is 0. The number of alkyl halides is 1. The van der Waals surface area contributed by atoms with Crippen LogP contribution < -0.4 is 5.32 Å². The standard InChI is InChI=1S/C12H25ClN2O.C12H21N3O2/c1-10(12(2,3)4)9-14-11(16)15(5)8-6-7-13;1-12(2,3)10(13-9-16)8-15-7-5-6-14(4)11(15)17/h10H,6-9H2,1-5H3,(H,14,16);10H,5-8H2,1-4H3/t2*10-/m11/s1. The highest BCUT2D eigenvalue weighted by Gasteiger charge is 2.31.